The Balaban J connectivity index is 0.00000169. The summed E-state index contributed by atoms with van der Waals surface area (Å²) in [6.07, 6.45) is 12.7. The Morgan fingerprint density at radius 3 is 2.79 bits per heavy atom. The normalized spacial score (nSPS) is 11.8. The largest absolute Gasteiger partial charge is 0.331 e. The Morgan fingerprint density at radius 1 is 1.50 bits per heavy atom. The number of unbranched alkanes of at least 4 members (excludes halogenated alkanes) is 2. The van der Waals surface area contributed by atoms with E-state index in [2.05, 4.69) is 23.1 Å². The molecular formula is C11H19ClN2. The monoisotopic (exact) mass is 214 g/mol. The molecule has 0 aliphatic carbocycles. The number of imidazole rings is 1. The molecule has 0 aliphatic rings. The van der Waals surface area contributed by atoms with Gasteiger partial charge in [-0.15, -0.1) is 19.0 Å². The molecule has 0 saturated carbocycles. The third kappa shape index (κ3) is 3.97. The van der Waals surface area contributed by atoms with Gasteiger partial charge in [0.25, 0.3) is 0 Å². The fraction of sp³-hybridized carbons (Fsp3) is 0.545. The Labute approximate surface area is 92.5 Å². The summed E-state index contributed by atoms with van der Waals surface area (Å²) < 4.78 is 2.11. The molecule has 0 aliphatic heterocycles. The van der Waals surface area contributed by atoms with Crippen LogP contribution in [0.2, 0.25) is 0 Å². The van der Waals surface area contributed by atoms with Gasteiger partial charge >= 0.3 is 0 Å². The minimum absolute atomic E-state index is 0. The standard InChI is InChI=1S/C11H18N2.ClH/c1-3-5-6-7-11(4-2)13-9-8-12-10-13;/h4,8-11H,2-3,5-7H2,1H3;1H. The minimum atomic E-state index is 0. The highest BCUT2D eigenvalue weighted by atomic mass is 35.5. The highest BCUT2D eigenvalue weighted by molar-refractivity contribution is 5.85. The van der Waals surface area contributed by atoms with Crippen LogP contribution in [0.15, 0.2) is 31.4 Å². The van der Waals surface area contributed by atoms with E-state index in [0.29, 0.717) is 6.04 Å². The van der Waals surface area contributed by atoms with Crippen molar-refractivity contribution in [3.8, 4) is 0 Å². The van der Waals surface area contributed by atoms with Crippen LogP contribution in [0.4, 0.5) is 0 Å². The van der Waals surface area contributed by atoms with Gasteiger partial charge in [0.2, 0.25) is 0 Å². The van der Waals surface area contributed by atoms with E-state index in [9.17, 15) is 0 Å². The van der Waals surface area contributed by atoms with E-state index in [4.69, 9.17) is 0 Å². The van der Waals surface area contributed by atoms with Gasteiger partial charge in [0.1, 0.15) is 0 Å². The molecule has 1 aromatic heterocycles. The van der Waals surface area contributed by atoms with Crippen molar-refractivity contribution in [2.45, 2.75) is 38.6 Å². The lowest BCUT2D eigenvalue weighted by Gasteiger charge is -2.13. The van der Waals surface area contributed by atoms with Crippen molar-refractivity contribution >= 4 is 12.4 Å². The molecule has 1 rings (SSSR count). The molecule has 0 radical (unpaired) electrons. The van der Waals surface area contributed by atoms with Crippen LogP contribution in [0.3, 0.4) is 0 Å². The number of hydrogen-bond donors (Lipinski definition) is 0. The number of rotatable bonds is 6. The zero-order valence-corrected chi connectivity index (χ0v) is 9.54. The van der Waals surface area contributed by atoms with E-state index in [0.717, 1.165) is 0 Å². The van der Waals surface area contributed by atoms with E-state index in [-0.39, 0.29) is 12.4 Å². The number of allylic oxidation sites excluding steroid dienone is 1. The van der Waals surface area contributed by atoms with Crippen LogP contribution < -0.4 is 0 Å². The van der Waals surface area contributed by atoms with Crippen molar-refractivity contribution in [1.82, 2.24) is 9.55 Å². The topological polar surface area (TPSA) is 17.8 Å². The first kappa shape index (κ1) is 13.2. The predicted octanol–water partition coefficient (Wildman–Crippen LogP) is 3.61. The molecule has 80 valence electrons. The third-order valence-corrected chi connectivity index (χ3v) is 2.28. The minimum Gasteiger partial charge on any atom is -0.331 e. The number of aromatic nitrogens is 2. The number of nitrogens with zero attached hydrogens (tertiary/aromatic N) is 2. The first-order valence-electron chi connectivity index (χ1n) is 4.98. The van der Waals surface area contributed by atoms with Crippen LogP contribution in [0.5, 0.6) is 0 Å². The quantitative estimate of drug-likeness (QED) is 0.523. The number of halogens is 1. The van der Waals surface area contributed by atoms with Crippen LogP contribution in [-0.2, 0) is 0 Å². The van der Waals surface area contributed by atoms with E-state index >= 15 is 0 Å². The van der Waals surface area contributed by atoms with Gasteiger partial charge in [-0.25, -0.2) is 4.98 Å². The summed E-state index contributed by atoms with van der Waals surface area (Å²) in [5.41, 5.74) is 0. The second kappa shape index (κ2) is 7.63. The smallest absolute Gasteiger partial charge is 0.0951 e. The molecule has 0 spiro atoms. The SMILES string of the molecule is C=CC(CCCCC)n1ccnc1.Cl. The molecule has 3 heteroatoms. The van der Waals surface area contributed by atoms with Crippen molar-refractivity contribution in [2.24, 2.45) is 0 Å². The first-order valence-corrected chi connectivity index (χ1v) is 4.98. The van der Waals surface area contributed by atoms with Crippen molar-refractivity contribution in [2.75, 3.05) is 0 Å². The zero-order chi connectivity index (χ0) is 9.52. The van der Waals surface area contributed by atoms with Gasteiger partial charge in [0, 0.05) is 12.4 Å². The molecule has 0 N–H and O–H groups in total. The summed E-state index contributed by atoms with van der Waals surface area (Å²) in [6.45, 7) is 6.07. The van der Waals surface area contributed by atoms with Gasteiger partial charge in [-0.05, 0) is 6.42 Å². The molecule has 0 saturated heterocycles. The summed E-state index contributed by atoms with van der Waals surface area (Å²) in [4.78, 5) is 4.03. The average molecular weight is 215 g/mol. The average Bonchev–Trinajstić information content (AvgIpc) is 2.65. The molecule has 0 bridgehead atoms. The summed E-state index contributed by atoms with van der Waals surface area (Å²) in [6, 6.07) is 0.425. The lowest BCUT2D eigenvalue weighted by Crippen LogP contribution is -2.03. The highest BCUT2D eigenvalue weighted by Crippen LogP contribution is 2.16. The number of hydrogen-bond acceptors (Lipinski definition) is 1. The highest BCUT2D eigenvalue weighted by Gasteiger charge is 2.03. The van der Waals surface area contributed by atoms with Gasteiger partial charge < -0.3 is 4.57 Å². The molecule has 0 aromatic carbocycles. The van der Waals surface area contributed by atoms with Crippen molar-refractivity contribution in [3.05, 3.63) is 31.4 Å². The summed E-state index contributed by atoms with van der Waals surface area (Å²) >= 11 is 0. The Morgan fingerprint density at radius 2 is 2.29 bits per heavy atom. The fourth-order valence-electron chi connectivity index (χ4n) is 1.46. The molecular weight excluding hydrogens is 196 g/mol. The van der Waals surface area contributed by atoms with Gasteiger partial charge in [-0.1, -0.05) is 32.3 Å². The molecule has 0 fully saturated rings. The van der Waals surface area contributed by atoms with Gasteiger partial charge in [-0.3, -0.25) is 0 Å². The Hall–Kier alpha value is -0.760. The predicted molar refractivity (Wildman–Crippen MR) is 62.9 cm³/mol. The van der Waals surface area contributed by atoms with Gasteiger partial charge in [0.05, 0.1) is 12.4 Å². The van der Waals surface area contributed by atoms with Gasteiger partial charge in [-0.2, -0.15) is 0 Å². The second-order valence-corrected chi connectivity index (χ2v) is 3.31. The maximum absolute atomic E-state index is 4.03. The lowest BCUT2D eigenvalue weighted by molar-refractivity contribution is 0.519. The summed E-state index contributed by atoms with van der Waals surface area (Å²) in [5, 5.41) is 0. The van der Waals surface area contributed by atoms with Crippen molar-refractivity contribution < 1.29 is 0 Å². The molecule has 1 unspecified atom stereocenters. The van der Waals surface area contributed by atoms with Crippen molar-refractivity contribution in [3.63, 3.8) is 0 Å². The van der Waals surface area contributed by atoms with Gasteiger partial charge in [0.15, 0.2) is 0 Å². The first-order chi connectivity index (χ1) is 6.38. The molecule has 1 aromatic rings. The van der Waals surface area contributed by atoms with Crippen molar-refractivity contribution in [1.29, 1.82) is 0 Å². The van der Waals surface area contributed by atoms with E-state index < -0.39 is 0 Å². The Bertz CT molecular complexity index is 231. The van der Waals surface area contributed by atoms with Crippen LogP contribution in [0, 0.1) is 0 Å². The van der Waals surface area contributed by atoms with Crippen LogP contribution in [-0.4, -0.2) is 9.55 Å². The van der Waals surface area contributed by atoms with Crippen LogP contribution >= 0.6 is 12.4 Å². The van der Waals surface area contributed by atoms with Crippen LogP contribution in [0.25, 0.3) is 0 Å². The summed E-state index contributed by atoms with van der Waals surface area (Å²) in [5.74, 6) is 0. The lowest BCUT2D eigenvalue weighted by atomic mass is 10.1. The molecule has 1 heterocycles. The fourth-order valence-corrected chi connectivity index (χ4v) is 1.46. The second-order valence-electron chi connectivity index (χ2n) is 3.31. The van der Waals surface area contributed by atoms with E-state index in [1.54, 1.807) is 0 Å². The molecule has 2 nitrogen and oxygen atoms in total. The third-order valence-electron chi connectivity index (χ3n) is 2.28. The maximum atomic E-state index is 4.03. The summed E-state index contributed by atoms with van der Waals surface area (Å²) in [7, 11) is 0. The molecule has 1 atom stereocenters. The zero-order valence-electron chi connectivity index (χ0n) is 8.72. The molecule has 0 amide bonds. The van der Waals surface area contributed by atoms with E-state index in [1.165, 1.54) is 25.7 Å². The Kier molecular flexibility index (Phi) is 7.21. The maximum Gasteiger partial charge on any atom is 0.0951 e. The molecule has 14 heavy (non-hydrogen) atoms. The van der Waals surface area contributed by atoms with E-state index in [1.807, 2.05) is 24.8 Å². The van der Waals surface area contributed by atoms with Crippen LogP contribution in [0.1, 0.15) is 38.6 Å².